The number of halogens is 1. The lowest BCUT2D eigenvalue weighted by molar-refractivity contribution is 0.230. The van der Waals surface area contributed by atoms with Gasteiger partial charge in [0.25, 0.3) is 0 Å². The minimum absolute atomic E-state index is 0.141. The zero-order valence-electron chi connectivity index (χ0n) is 17.8. The van der Waals surface area contributed by atoms with Gasteiger partial charge in [-0.2, -0.15) is 0 Å². The van der Waals surface area contributed by atoms with Crippen molar-refractivity contribution in [3.63, 3.8) is 0 Å². The van der Waals surface area contributed by atoms with Gasteiger partial charge in [0.2, 0.25) is 0 Å². The Labute approximate surface area is 192 Å². The van der Waals surface area contributed by atoms with E-state index in [2.05, 4.69) is 16.0 Å². The van der Waals surface area contributed by atoms with Gasteiger partial charge in [-0.3, -0.25) is 0 Å². The van der Waals surface area contributed by atoms with Crippen LogP contribution >= 0.6 is 23.4 Å². The van der Waals surface area contributed by atoms with Crippen LogP contribution in [0, 0.1) is 18.3 Å². The second-order valence-corrected chi connectivity index (χ2v) is 10.5. The number of anilines is 2. The van der Waals surface area contributed by atoms with E-state index in [0.29, 0.717) is 21.9 Å². The lowest BCUT2D eigenvalue weighted by Gasteiger charge is -2.40. The molecule has 1 saturated carbocycles. The van der Waals surface area contributed by atoms with Crippen LogP contribution in [0.1, 0.15) is 49.9 Å². The lowest BCUT2D eigenvalue weighted by Crippen LogP contribution is -2.40. The zero-order chi connectivity index (χ0) is 21.6. The fraction of sp³-hybridized carbons (Fsp3) is 0.522. The molecule has 3 heterocycles. The van der Waals surface area contributed by atoms with Gasteiger partial charge in [0.15, 0.2) is 5.82 Å². The first kappa shape index (κ1) is 21.0. The molecule has 5 rings (SSSR count). The number of pyridine rings is 1. The Balaban J connectivity index is 1.32. The number of rotatable bonds is 5. The number of hydrogen-bond donors (Lipinski definition) is 2. The molecule has 0 bridgehead atoms. The minimum atomic E-state index is -0.141. The van der Waals surface area contributed by atoms with Gasteiger partial charge in [0.1, 0.15) is 16.5 Å². The average Bonchev–Trinajstić information content (AvgIpc) is 3.55. The molecule has 3 aliphatic rings. The van der Waals surface area contributed by atoms with Gasteiger partial charge in [0, 0.05) is 24.2 Å². The summed E-state index contributed by atoms with van der Waals surface area (Å²) in [6, 6.07) is 1.81. The summed E-state index contributed by atoms with van der Waals surface area (Å²) in [4.78, 5) is 16.7. The van der Waals surface area contributed by atoms with E-state index in [-0.39, 0.29) is 6.61 Å². The standard InChI is InChI=1S/C23H28ClN5OS/c1-14-22(31-18-5-9-26-20(25)19(18)24)28-17(13-30)21(27-14)29-10-7-23(8-11-29)6-4-16(12-23)15-2-3-15/h4-5,9,15,30H,2-3,6-8,10-13H2,1H3,(H2,25,26). The Bertz CT molecular complexity index is 1030. The number of aromatic nitrogens is 3. The fourth-order valence-corrected chi connectivity index (χ4v) is 5.98. The highest BCUT2D eigenvalue weighted by Gasteiger charge is 2.41. The van der Waals surface area contributed by atoms with Crippen LogP contribution in [0.3, 0.4) is 0 Å². The predicted octanol–water partition coefficient (Wildman–Crippen LogP) is 4.78. The molecule has 1 spiro atoms. The van der Waals surface area contributed by atoms with E-state index in [9.17, 15) is 5.11 Å². The van der Waals surface area contributed by atoms with E-state index < -0.39 is 0 Å². The number of allylic oxidation sites excluding steroid dienone is 2. The highest BCUT2D eigenvalue weighted by Crippen LogP contribution is 2.52. The van der Waals surface area contributed by atoms with Crippen molar-refractivity contribution in [3.8, 4) is 0 Å². The van der Waals surface area contributed by atoms with Crippen molar-refractivity contribution < 1.29 is 5.11 Å². The van der Waals surface area contributed by atoms with Crippen molar-refractivity contribution >= 4 is 35.0 Å². The van der Waals surface area contributed by atoms with Crippen molar-refractivity contribution in [1.29, 1.82) is 0 Å². The molecule has 8 heteroatoms. The molecule has 2 aromatic heterocycles. The second kappa shape index (κ2) is 8.26. The Kier molecular flexibility index (Phi) is 5.61. The Morgan fingerprint density at radius 3 is 2.77 bits per heavy atom. The quantitative estimate of drug-likeness (QED) is 0.624. The predicted molar refractivity (Wildman–Crippen MR) is 124 cm³/mol. The Hall–Kier alpha value is -1.83. The van der Waals surface area contributed by atoms with Gasteiger partial charge in [0.05, 0.1) is 17.3 Å². The van der Waals surface area contributed by atoms with Crippen LogP contribution in [-0.2, 0) is 6.61 Å². The molecular formula is C23H28ClN5OS. The summed E-state index contributed by atoms with van der Waals surface area (Å²) in [5, 5.41) is 11.2. The summed E-state index contributed by atoms with van der Waals surface area (Å²) < 4.78 is 0. The molecule has 2 fully saturated rings. The van der Waals surface area contributed by atoms with Crippen molar-refractivity contribution in [1.82, 2.24) is 15.0 Å². The number of aryl methyl sites for hydroxylation is 1. The van der Waals surface area contributed by atoms with Gasteiger partial charge in [-0.05, 0) is 62.8 Å². The molecule has 2 aliphatic carbocycles. The van der Waals surface area contributed by atoms with Crippen molar-refractivity contribution in [2.24, 2.45) is 11.3 Å². The maximum Gasteiger partial charge on any atom is 0.153 e. The van der Waals surface area contributed by atoms with Gasteiger partial charge < -0.3 is 15.7 Å². The number of nitrogens with zero attached hydrogens (tertiary/aromatic N) is 4. The van der Waals surface area contributed by atoms with E-state index in [1.54, 1.807) is 11.8 Å². The van der Waals surface area contributed by atoms with E-state index in [4.69, 9.17) is 27.3 Å². The highest BCUT2D eigenvalue weighted by atomic mass is 35.5. The SMILES string of the molecule is Cc1nc(N2CCC3(CC=C(C4CC4)C3)CC2)c(CO)nc1Sc1ccnc(N)c1Cl. The van der Waals surface area contributed by atoms with E-state index >= 15 is 0 Å². The summed E-state index contributed by atoms with van der Waals surface area (Å²) in [6.07, 6.45) is 11.8. The number of nitrogens with two attached hydrogens (primary N) is 1. The number of aliphatic hydroxyl groups is 1. The third-order valence-electron chi connectivity index (χ3n) is 6.92. The molecule has 31 heavy (non-hydrogen) atoms. The molecule has 1 aliphatic heterocycles. The first-order chi connectivity index (χ1) is 15.0. The molecular weight excluding hydrogens is 430 g/mol. The topological polar surface area (TPSA) is 88.2 Å². The fourth-order valence-electron chi connectivity index (χ4n) is 4.87. The van der Waals surface area contributed by atoms with Crippen molar-refractivity contribution in [2.75, 3.05) is 23.7 Å². The van der Waals surface area contributed by atoms with Crippen LogP contribution in [0.15, 0.2) is 33.8 Å². The molecule has 0 radical (unpaired) electrons. The largest absolute Gasteiger partial charge is 0.390 e. The average molecular weight is 458 g/mol. The van der Waals surface area contributed by atoms with Crippen LogP contribution in [0.2, 0.25) is 5.02 Å². The van der Waals surface area contributed by atoms with E-state index in [1.165, 1.54) is 50.3 Å². The smallest absolute Gasteiger partial charge is 0.153 e. The molecule has 3 N–H and O–H groups in total. The number of nitrogen functional groups attached to an aromatic ring is 1. The molecule has 0 aromatic carbocycles. The van der Waals surface area contributed by atoms with Crippen LogP contribution in [-0.4, -0.2) is 33.1 Å². The Morgan fingerprint density at radius 2 is 2.06 bits per heavy atom. The molecule has 6 nitrogen and oxygen atoms in total. The summed E-state index contributed by atoms with van der Waals surface area (Å²) in [6.45, 7) is 3.74. The van der Waals surface area contributed by atoms with Gasteiger partial charge in [-0.25, -0.2) is 15.0 Å². The molecule has 2 aromatic rings. The van der Waals surface area contributed by atoms with Crippen molar-refractivity contribution in [2.45, 2.75) is 62.0 Å². The van der Waals surface area contributed by atoms with Gasteiger partial charge >= 0.3 is 0 Å². The molecule has 0 atom stereocenters. The first-order valence-electron chi connectivity index (χ1n) is 11.0. The van der Waals surface area contributed by atoms with Crippen molar-refractivity contribution in [3.05, 3.63) is 40.3 Å². The maximum atomic E-state index is 10.0. The minimum Gasteiger partial charge on any atom is -0.390 e. The third-order valence-corrected chi connectivity index (χ3v) is 8.57. The maximum absolute atomic E-state index is 10.0. The highest BCUT2D eigenvalue weighted by molar-refractivity contribution is 7.99. The van der Waals surface area contributed by atoms with Crippen LogP contribution < -0.4 is 10.6 Å². The van der Waals surface area contributed by atoms with E-state index in [1.807, 2.05) is 13.0 Å². The zero-order valence-corrected chi connectivity index (χ0v) is 19.3. The summed E-state index contributed by atoms with van der Waals surface area (Å²) >= 11 is 7.70. The van der Waals surface area contributed by atoms with Crippen LogP contribution in [0.25, 0.3) is 0 Å². The summed E-state index contributed by atoms with van der Waals surface area (Å²) in [5.74, 6) is 2.00. The van der Waals surface area contributed by atoms with Crippen LogP contribution in [0.5, 0.6) is 0 Å². The Morgan fingerprint density at radius 1 is 1.29 bits per heavy atom. The lowest BCUT2D eigenvalue weighted by atomic mass is 9.75. The summed E-state index contributed by atoms with van der Waals surface area (Å²) in [5.41, 5.74) is 9.43. The monoisotopic (exact) mass is 457 g/mol. The first-order valence-corrected chi connectivity index (χ1v) is 12.2. The van der Waals surface area contributed by atoms with Gasteiger partial charge in [-0.1, -0.05) is 35.0 Å². The molecule has 0 amide bonds. The number of hydrogen-bond acceptors (Lipinski definition) is 7. The molecule has 1 saturated heterocycles. The number of piperidine rings is 1. The van der Waals surface area contributed by atoms with Crippen LogP contribution in [0.4, 0.5) is 11.6 Å². The van der Waals surface area contributed by atoms with E-state index in [0.717, 1.165) is 40.4 Å². The molecule has 164 valence electrons. The third kappa shape index (κ3) is 4.15. The van der Waals surface area contributed by atoms with Gasteiger partial charge in [-0.15, -0.1) is 0 Å². The molecule has 0 unspecified atom stereocenters. The second-order valence-electron chi connectivity index (χ2n) is 9.07. The normalized spacial score (nSPS) is 20.4. The summed E-state index contributed by atoms with van der Waals surface area (Å²) in [7, 11) is 0. The number of aliphatic hydroxyl groups excluding tert-OH is 1.